The molecule has 0 aliphatic rings. The van der Waals surface area contributed by atoms with E-state index in [4.69, 9.17) is 15.6 Å². The van der Waals surface area contributed by atoms with Crippen LogP contribution < -0.4 is 10.5 Å². The van der Waals surface area contributed by atoms with Gasteiger partial charge in [-0.25, -0.2) is 0 Å². The Balaban J connectivity index is 3.17. The van der Waals surface area contributed by atoms with Gasteiger partial charge in [-0.1, -0.05) is 0 Å². The van der Waals surface area contributed by atoms with Gasteiger partial charge in [0.1, 0.15) is 0 Å². The Morgan fingerprint density at radius 1 is 1.50 bits per heavy atom. The number of rotatable bonds is 3. The Bertz CT molecular complexity index is 325. The highest BCUT2D eigenvalue weighted by Gasteiger charge is 2.12. The van der Waals surface area contributed by atoms with E-state index in [1.165, 1.54) is 7.11 Å². The first-order valence-electron chi connectivity index (χ1n) is 4.34. The number of phenols is 1. The van der Waals surface area contributed by atoms with E-state index >= 15 is 0 Å². The van der Waals surface area contributed by atoms with Gasteiger partial charge in [-0.2, -0.15) is 0 Å². The number of aromatic hydroxyl groups is 1. The number of hydrogen-bond donors (Lipinski definition) is 3. The van der Waals surface area contributed by atoms with Crippen LogP contribution in [0, 0.1) is 6.92 Å². The Labute approximate surface area is 82.9 Å². The highest BCUT2D eigenvalue weighted by molar-refractivity contribution is 5.47. The van der Waals surface area contributed by atoms with Gasteiger partial charge in [-0.05, 0) is 30.2 Å². The van der Waals surface area contributed by atoms with Gasteiger partial charge in [0.2, 0.25) is 0 Å². The number of aliphatic hydroxyl groups excluding tert-OH is 1. The Morgan fingerprint density at radius 3 is 2.64 bits per heavy atom. The zero-order valence-corrected chi connectivity index (χ0v) is 8.32. The van der Waals surface area contributed by atoms with Crippen molar-refractivity contribution in [3.8, 4) is 11.5 Å². The van der Waals surface area contributed by atoms with Crippen molar-refractivity contribution in [2.75, 3.05) is 13.7 Å². The molecule has 78 valence electrons. The lowest BCUT2D eigenvalue weighted by atomic mass is 10.0. The number of hydrogen-bond acceptors (Lipinski definition) is 4. The average molecular weight is 197 g/mol. The largest absolute Gasteiger partial charge is 0.504 e. The predicted molar refractivity (Wildman–Crippen MR) is 53.4 cm³/mol. The van der Waals surface area contributed by atoms with Gasteiger partial charge in [-0.15, -0.1) is 0 Å². The summed E-state index contributed by atoms with van der Waals surface area (Å²) in [5, 5.41) is 18.4. The van der Waals surface area contributed by atoms with Crippen molar-refractivity contribution >= 4 is 0 Å². The molecule has 0 unspecified atom stereocenters. The highest BCUT2D eigenvalue weighted by Crippen LogP contribution is 2.31. The molecule has 0 aliphatic heterocycles. The van der Waals surface area contributed by atoms with Crippen molar-refractivity contribution in [3.05, 3.63) is 23.3 Å². The summed E-state index contributed by atoms with van der Waals surface area (Å²) in [5.41, 5.74) is 7.30. The fourth-order valence-corrected chi connectivity index (χ4v) is 1.35. The minimum Gasteiger partial charge on any atom is -0.504 e. The molecule has 0 spiro atoms. The smallest absolute Gasteiger partial charge is 0.160 e. The summed E-state index contributed by atoms with van der Waals surface area (Å²) in [6.45, 7) is 1.69. The van der Waals surface area contributed by atoms with Crippen LogP contribution in [0.2, 0.25) is 0 Å². The normalized spacial score (nSPS) is 12.6. The molecule has 0 saturated heterocycles. The molecular weight excluding hydrogens is 182 g/mol. The number of aliphatic hydroxyl groups is 1. The van der Waals surface area contributed by atoms with E-state index in [2.05, 4.69) is 0 Å². The molecule has 0 amide bonds. The molecule has 0 bridgehead atoms. The molecule has 1 aromatic carbocycles. The summed E-state index contributed by atoms with van der Waals surface area (Å²) in [4.78, 5) is 0. The summed E-state index contributed by atoms with van der Waals surface area (Å²) in [7, 11) is 1.47. The summed E-state index contributed by atoms with van der Waals surface area (Å²) in [6, 6.07) is 2.78. The van der Waals surface area contributed by atoms with Crippen LogP contribution in [0.4, 0.5) is 0 Å². The number of phenolic OH excluding ortho intramolecular Hbond substituents is 1. The minimum atomic E-state index is -0.440. The van der Waals surface area contributed by atoms with Crippen LogP contribution in [0.5, 0.6) is 11.5 Å². The molecule has 0 saturated carbocycles. The summed E-state index contributed by atoms with van der Waals surface area (Å²) < 4.78 is 4.95. The van der Waals surface area contributed by atoms with Crippen molar-refractivity contribution < 1.29 is 14.9 Å². The molecule has 4 heteroatoms. The average Bonchev–Trinajstić information content (AvgIpc) is 2.17. The first kappa shape index (κ1) is 10.8. The summed E-state index contributed by atoms with van der Waals surface area (Å²) in [5.74, 6) is 0.452. The molecule has 4 nitrogen and oxygen atoms in total. The first-order chi connectivity index (χ1) is 6.60. The van der Waals surface area contributed by atoms with Crippen LogP contribution in [0.25, 0.3) is 0 Å². The third kappa shape index (κ3) is 1.97. The van der Waals surface area contributed by atoms with Crippen LogP contribution in [-0.4, -0.2) is 23.9 Å². The van der Waals surface area contributed by atoms with Crippen molar-refractivity contribution in [3.63, 3.8) is 0 Å². The van der Waals surface area contributed by atoms with Crippen LogP contribution in [0.15, 0.2) is 12.1 Å². The van der Waals surface area contributed by atoms with E-state index in [-0.39, 0.29) is 12.4 Å². The SMILES string of the molecule is COc1cc([C@@H](N)CO)c(C)cc1O. The van der Waals surface area contributed by atoms with Gasteiger partial charge in [-0.3, -0.25) is 0 Å². The molecule has 0 radical (unpaired) electrons. The van der Waals surface area contributed by atoms with Gasteiger partial charge in [0.25, 0.3) is 0 Å². The number of aryl methyl sites for hydroxylation is 1. The topological polar surface area (TPSA) is 75.7 Å². The third-order valence-corrected chi connectivity index (χ3v) is 2.16. The first-order valence-corrected chi connectivity index (χ1v) is 4.34. The molecule has 0 aliphatic carbocycles. The predicted octanol–water partition coefficient (Wildman–Crippen LogP) is 0.701. The van der Waals surface area contributed by atoms with Gasteiger partial charge in [0, 0.05) is 0 Å². The second kappa shape index (κ2) is 4.30. The number of methoxy groups -OCH3 is 1. The van der Waals surface area contributed by atoms with Crippen LogP contribution >= 0.6 is 0 Å². The lowest BCUT2D eigenvalue weighted by molar-refractivity contribution is 0.267. The molecule has 0 heterocycles. The number of ether oxygens (including phenoxy) is 1. The molecule has 0 fully saturated rings. The lowest BCUT2D eigenvalue weighted by Crippen LogP contribution is -2.15. The summed E-state index contributed by atoms with van der Waals surface area (Å²) in [6.07, 6.45) is 0. The van der Waals surface area contributed by atoms with Crippen LogP contribution in [0.3, 0.4) is 0 Å². The fraction of sp³-hybridized carbons (Fsp3) is 0.400. The maximum Gasteiger partial charge on any atom is 0.160 e. The molecule has 4 N–H and O–H groups in total. The molecule has 1 aromatic rings. The summed E-state index contributed by atoms with van der Waals surface area (Å²) >= 11 is 0. The second-order valence-electron chi connectivity index (χ2n) is 3.17. The Hall–Kier alpha value is -1.26. The standard InChI is InChI=1S/C10H15NO3/c1-6-3-9(13)10(14-2)4-7(6)8(11)5-12/h3-4,8,12-13H,5,11H2,1-2H3/t8-/m0/s1. The van der Waals surface area contributed by atoms with Gasteiger partial charge in [0.05, 0.1) is 19.8 Å². The Morgan fingerprint density at radius 2 is 2.14 bits per heavy atom. The maximum atomic E-state index is 9.44. The third-order valence-electron chi connectivity index (χ3n) is 2.16. The quantitative estimate of drug-likeness (QED) is 0.666. The van der Waals surface area contributed by atoms with Gasteiger partial charge >= 0.3 is 0 Å². The van der Waals surface area contributed by atoms with E-state index in [1.807, 2.05) is 6.92 Å². The highest BCUT2D eigenvalue weighted by atomic mass is 16.5. The van der Waals surface area contributed by atoms with E-state index < -0.39 is 6.04 Å². The van der Waals surface area contributed by atoms with Crippen LogP contribution in [-0.2, 0) is 0 Å². The van der Waals surface area contributed by atoms with Crippen molar-refractivity contribution in [1.82, 2.24) is 0 Å². The molecule has 14 heavy (non-hydrogen) atoms. The molecule has 0 aromatic heterocycles. The number of benzene rings is 1. The lowest BCUT2D eigenvalue weighted by Gasteiger charge is -2.14. The Kier molecular flexibility index (Phi) is 3.33. The van der Waals surface area contributed by atoms with Crippen molar-refractivity contribution in [1.29, 1.82) is 0 Å². The van der Waals surface area contributed by atoms with E-state index in [0.29, 0.717) is 5.75 Å². The number of nitrogens with two attached hydrogens (primary N) is 1. The second-order valence-corrected chi connectivity index (χ2v) is 3.17. The minimum absolute atomic E-state index is 0.0823. The van der Waals surface area contributed by atoms with Gasteiger partial charge < -0.3 is 20.7 Å². The molecule has 1 atom stereocenters. The van der Waals surface area contributed by atoms with Crippen molar-refractivity contribution in [2.45, 2.75) is 13.0 Å². The zero-order chi connectivity index (χ0) is 10.7. The maximum absolute atomic E-state index is 9.44. The van der Waals surface area contributed by atoms with Crippen molar-refractivity contribution in [2.24, 2.45) is 5.73 Å². The monoisotopic (exact) mass is 197 g/mol. The molecule has 1 rings (SSSR count). The molecular formula is C10H15NO3. The van der Waals surface area contributed by atoms with E-state index in [1.54, 1.807) is 12.1 Å². The fourth-order valence-electron chi connectivity index (χ4n) is 1.35. The van der Waals surface area contributed by atoms with E-state index in [0.717, 1.165) is 11.1 Å². The van der Waals surface area contributed by atoms with E-state index in [9.17, 15) is 5.11 Å². The van der Waals surface area contributed by atoms with Crippen LogP contribution in [0.1, 0.15) is 17.2 Å². The van der Waals surface area contributed by atoms with Gasteiger partial charge in [0.15, 0.2) is 11.5 Å². The zero-order valence-electron chi connectivity index (χ0n) is 8.32.